The minimum atomic E-state index is -1.16. The van der Waals surface area contributed by atoms with Crippen molar-refractivity contribution in [1.29, 1.82) is 0 Å². The molecule has 1 aromatic carbocycles. The van der Waals surface area contributed by atoms with Crippen LogP contribution in [0.5, 0.6) is 0 Å². The molecule has 0 spiro atoms. The lowest BCUT2D eigenvalue weighted by atomic mass is 9.90. The van der Waals surface area contributed by atoms with Crippen molar-refractivity contribution in [1.82, 2.24) is 15.5 Å². The molecule has 4 amide bonds. The first-order valence-electron chi connectivity index (χ1n) is 13.0. The van der Waals surface area contributed by atoms with Gasteiger partial charge in [-0.05, 0) is 85.4 Å². The van der Waals surface area contributed by atoms with Gasteiger partial charge in [0.25, 0.3) is 0 Å². The molecule has 0 radical (unpaired) electrons. The minimum absolute atomic E-state index is 0.0516. The van der Waals surface area contributed by atoms with Crippen molar-refractivity contribution in [2.24, 2.45) is 5.73 Å². The van der Waals surface area contributed by atoms with Crippen LogP contribution in [0, 0.1) is 0 Å². The number of alkyl carbamates (subject to hydrolysis) is 1. The number of hydrogen-bond donors (Lipinski definition) is 3. The summed E-state index contributed by atoms with van der Waals surface area (Å²) in [5, 5.41) is 5.62. The minimum Gasteiger partial charge on any atom is -0.444 e. The van der Waals surface area contributed by atoms with E-state index in [-0.39, 0.29) is 18.7 Å². The number of ether oxygens (including phenoxy) is 1. The number of hydrogen-bond acceptors (Lipinski definition) is 5. The van der Waals surface area contributed by atoms with Crippen molar-refractivity contribution in [2.45, 2.75) is 110 Å². The van der Waals surface area contributed by atoms with Gasteiger partial charge in [-0.15, -0.1) is 0 Å². The Balaban J connectivity index is 3.74. The average Bonchev–Trinajstić information content (AvgIpc) is 2.76. The maximum atomic E-state index is 14.3. The zero-order chi connectivity index (χ0) is 29.5. The molecule has 9 nitrogen and oxygen atoms in total. The van der Waals surface area contributed by atoms with E-state index in [1.807, 2.05) is 53.7 Å². The zero-order valence-electron chi connectivity index (χ0n) is 24.4. The lowest BCUT2D eigenvalue weighted by Gasteiger charge is -2.45. The number of benzene rings is 1. The van der Waals surface area contributed by atoms with Gasteiger partial charge < -0.3 is 26.0 Å². The smallest absolute Gasteiger partial charge is 0.408 e. The lowest BCUT2D eigenvalue weighted by Crippen LogP contribution is -2.60. The predicted octanol–water partition coefficient (Wildman–Crippen LogP) is 4.46. The third-order valence-corrected chi connectivity index (χ3v) is 5.89. The topological polar surface area (TPSA) is 131 Å². The van der Waals surface area contributed by atoms with Crippen molar-refractivity contribution in [2.75, 3.05) is 0 Å². The highest BCUT2D eigenvalue weighted by Crippen LogP contribution is 2.33. The Morgan fingerprint density at radius 3 is 2.16 bits per heavy atom. The molecule has 0 fully saturated rings. The van der Waals surface area contributed by atoms with E-state index in [1.54, 1.807) is 39.0 Å². The molecular weight excluding hydrogens is 484 g/mol. The number of primary amides is 1. The van der Waals surface area contributed by atoms with Crippen LogP contribution in [0.2, 0.25) is 0 Å². The van der Waals surface area contributed by atoms with Crippen LogP contribution in [0.15, 0.2) is 30.8 Å². The van der Waals surface area contributed by atoms with E-state index in [9.17, 15) is 19.2 Å². The number of nitrogens with one attached hydrogen (secondary N) is 2. The molecule has 0 aromatic heterocycles. The summed E-state index contributed by atoms with van der Waals surface area (Å²) >= 11 is 0. The van der Waals surface area contributed by atoms with Gasteiger partial charge in [-0.2, -0.15) is 0 Å². The summed E-state index contributed by atoms with van der Waals surface area (Å²) in [5.41, 5.74) is 4.56. The Bertz CT molecular complexity index is 1020. The molecule has 0 heterocycles. The number of amides is 4. The van der Waals surface area contributed by atoms with Crippen LogP contribution in [0.1, 0.15) is 98.7 Å². The lowest BCUT2D eigenvalue weighted by molar-refractivity contribution is -0.150. The number of carbonyl (C=O) groups is 4. The van der Waals surface area contributed by atoms with Gasteiger partial charge in [-0.3, -0.25) is 14.4 Å². The molecule has 212 valence electrons. The van der Waals surface area contributed by atoms with Gasteiger partial charge in [0.05, 0.1) is 0 Å². The summed E-state index contributed by atoms with van der Waals surface area (Å²) in [5.74, 6) is -1.52. The van der Waals surface area contributed by atoms with Crippen molar-refractivity contribution in [3.8, 4) is 0 Å². The normalized spacial score (nSPS) is 13.6. The van der Waals surface area contributed by atoms with Gasteiger partial charge >= 0.3 is 6.09 Å². The monoisotopic (exact) mass is 530 g/mol. The maximum Gasteiger partial charge on any atom is 0.408 e. The highest BCUT2D eigenvalue weighted by Gasteiger charge is 2.43. The summed E-state index contributed by atoms with van der Waals surface area (Å²) in [7, 11) is 0. The Morgan fingerprint density at radius 2 is 1.68 bits per heavy atom. The summed E-state index contributed by atoms with van der Waals surface area (Å²) in [6, 6.07) is 5.06. The Kier molecular flexibility index (Phi) is 11.1. The van der Waals surface area contributed by atoms with E-state index >= 15 is 0 Å². The largest absolute Gasteiger partial charge is 0.444 e. The molecule has 0 aliphatic heterocycles. The van der Waals surface area contributed by atoms with E-state index in [2.05, 4.69) is 17.2 Å². The van der Waals surface area contributed by atoms with Crippen LogP contribution in [0.3, 0.4) is 0 Å². The summed E-state index contributed by atoms with van der Waals surface area (Å²) < 4.78 is 5.38. The van der Waals surface area contributed by atoms with Gasteiger partial charge in [0.15, 0.2) is 0 Å². The molecule has 2 atom stereocenters. The second-order valence-electron chi connectivity index (χ2n) is 12.1. The van der Waals surface area contributed by atoms with E-state index in [0.29, 0.717) is 12.0 Å². The molecule has 4 N–H and O–H groups in total. The molecule has 0 aliphatic rings. The number of carbonyl (C=O) groups excluding carboxylic acids is 4. The van der Waals surface area contributed by atoms with Crippen molar-refractivity contribution in [3.05, 3.63) is 42.0 Å². The quantitative estimate of drug-likeness (QED) is 0.389. The second kappa shape index (κ2) is 12.9. The Morgan fingerprint density at radius 1 is 1.08 bits per heavy atom. The summed E-state index contributed by atoms with van der Waals surface area (Å²) in [4.78, 5) is 54.0. The van der Waals surface area contributed by atoms with Crippen LogP contribution >= 0.6 is 0 Å². The van der Waals surface area contributed by atoms with Crippen LogP contribution < -0.4 is 16.4 Å². The third kappa shape index (κ3) is 10.2. The molecule has 0 saturated carbocycles. The molecule has 1 rings (SSSR count). The van der Waals surface area contributed by atoms with E-state index in [4.69, 9.17) is 10.5 Å². The van der Waals surface area contributed by atoms with Gasteiger partial charge in [-0.25, -0.2) is 4.79 Å². The van der Waals surface area contributed by atoms with E-state index in [0.717, 1.165) is 5.56 Å². The van der Waals surface area contributed by atoms with Crippen molar-refractivity contribution >= 4 is 29.9 Å². The fraction of sp³-hybridized carbons (Fsp3) is 0.586. The highest BCUT2D eigenvalue weighted by atomic mass is 16.6. The first kappa shape index (κ1) is 32.7. The molecule has 9 heteroatoms. The number of rotatable bonds is 11. The Labute approximate surface area is 227 Å². The average molecular weight is 531 g/mol. The highest BCUT2D eigenvalue weighted by molar-refractivity contribution is 5.93. The molecular formula is C29H46N4O5. The maximum absolute atomic E-state index is 14.3. The van der Waals surface area contributed by atoms with Crippen molar-refractivity contribution in [3.63, 3.8) is 0 Å². The van der Waals surface area contributed by atoms with Crippen LogP contribution in [-0.4, -0.2) is 51.4 Å². The van der Waals surface area contributed by atoms with Gasteiger partial charge in [-0.1, -0.05) is 37.8 Å². The number of nitrogens with two attached hydrogens (primary N) is 1. The summed E-state index contributed by atoms with van der Waals surface area (Å²) in [6.45, 7) is 20.2. The molecule has 1 aromatic rings. The van der Waals surface area contributed by atoms with Gasteiger partial charge in [0, 0.05) is 17.5 Å². The Hall–Kier alpha value is -3.36. The van der Waals surface area contributed by atoms with Gasteiger partial charge in [0.2, 0.25) is 17.7 Å². The first-order valence-corrected chi connectivity index (χ1v) is 13.0. The number of nitrogens with zero attached hydrogens (tertiary/aromatic N) is 1. The first-order chi connectivity index (χ1) is 17.3. The van der Waals surface area contributed by atoms with Crippen LogP contribution in [0.4, 0.5) is 4.79 Å². The summed E-state index contributed by atoms with van der Waals surface area (Å²) in [6.07, 6.45) is 1.17. The van der Waals surface area contributed by atoms with Crippen LogP contribution in [-0.2, 0) is 19.1 Å². The van der Waals surface area contributed by atoms with E-state index in [1.165, 1.54) is 4.90 Å². The second-order valence-corrected chi connectivity index (χ2v) is 12.1. The third-order valence-electron chi connectivity index (χ3n) is 5.89. The standard InChI is InChI=1S/C29H46N4O5/c1-11-19-14-13-15-20(18-19)23(24(35)32-27(3,4)5)33(29(9,10)12-2)25(36)21(16-17-22(30)34)31-26(37)38-28(6,7)8/h11,13-15,18,21,23H,1,12,16-17H2,2-10H3,(H2,30,34)(H,31,37)(H,32,35). The molecule has 0 saturated heterocycles. The van der Waals surface area contributed by atoms with Crippen LogP contribution in [0.25, 0.3) is 6.08 Å². The molecule has 38 heavy (non-hydrogen) atoms. The zero-order valence-corrected chi connectivity index (χ0v) is 24.4. The fourth-order valence-corrected chi connectivity index (χ4v) is 3.82. The van der Waals surface area contributed by atoms with Crippen molar-refractivity contribution < 1.29 is 23.9 Å². The molecule has 2 unspecified atom stereocenters. The predicted molar refractivity (Wildman–Crippen MR) is 150 cm³/mol. The van der Waals surface area contributed by atoms with Gasteiger partial charge in [0.1, 0.15) is 17.7 Å². The fourth-order valence-electron chi connectivity index (χ4n) is 3.82. The van der Waals surface area contributed by atoms with E-state index < -0.39 is 46.7 Å². The SMILES string of the molecule is C=Cc1cccc(C(C(=O)NC(C)(C)C)N(C(=O)C(CCC(N)=O)NC(=O)OC(C)(C)C)C(C)(C)CC)c1. The molecule has 0 aliphatic carbocycles. The molecule has 0 bridgehead atoms.